The Morgan fingerprint density at radius 2 is 1.95 bits per heavy atom. The first-order valence-electron chi connectivity index (χ1n) is 7.23. The molecule has 2 aromatic rings. The highest BCUT2D eigenvalue weighted by molar-refractivity contribution is 7.10. The van der Waals surface area contributed by atoms with E-state index in [0.29, 0.717) is 19.5 Å². The molecule has 1 atom stereocenters. The van der Waals surface area contributed by atoms with Gasteiger partial charge in [0.05, 0.1) is 6.04 Å². The Hall–Kier alpha value is -1.36. The van der Waals surface area contributed by atoms with Crippen molar-refractivity contribution in [3.63, 3.8) is 0 Å². The lowest BCUT2D eigenvalue weighted by atomic mass is 10.1. The summed E-state index contributed by atoms with van der Waals surface area (Å²) in [6, 6.07) is 14.4. The average Bonchev–Trinajstić information content (AvgIpc) is 3.05. The summed E-state index contributed by atoms with van der Waals surface area (Å²) < 4.78 is 0. The number of nitrogens with one attached hydrogen (secondary N) is 1. The van der Waals surface area contributed by atoms with Crippen LogP contribution in [0.1, 0.15) is 29.8 Å². The van der Waals surface area contributed by atoms with Crippen LogP contribution in [0.4, 0.5) is 0 Å². The van der Waals surface area contributed by atoms with Crippen LogP contribution in [0.25, 0.3) is 0 Å². The first-order valence-corrected chi connectivity index (χ1v) is 8.11. The Balaban J connectivity index is 0.00000242. The predicted octanol–water partition coefficient (Wildman–Crippen LogP) is 3.87. The molecule has 1 amide bonds. The Labute approximate surface area is 142 Å². The van der Waals surface area contributed by atoms with Gasteiger partial charge in [-0.05, 0) is 31.0 Å². The molecule has 0 aliphatic carbocycles. The summed E-state index contributed by atoms with van der Waals surface area (Å²) in [5.74, 6) is 0.189. The lowest BCUT2D eigenvalue weighted by Crippen LogP contribution is -2.34. The molecule has 1 unspecified atom stereocenters. The van der Waals surface area contributed by atoms with E-state index in [1.807, 2.05) is 36.2 Å². The maximum absolute atomic E-state index is 12.5. The van der Waals surface area contributed by atoms with E-state index in [-0.39, 0.29) is 24.4 Å². The summed E-state index contributed by atoms with van der Waals surface area (Å²) >= 11 is 1.70. The number of nitrogens with zero attached hydrogens (tertiary/aromatic N) is 1. The van der Waals surface area contributed by atoms with Crippen LogP contribution in [0.2, 0.25) is 0 Å². The van der Waals surface area contributed by atoms with Gasteiger partial charge >= 0.3 is 0 Å². The van der Waals surface area contributed by atoms with Gasteiger partial charge in [-0.15, -0.1) is 23.7 Å². The molecule has 0 saturated carbocycles. The van der Waals surface area contributed by atoms with Crippen molar-refractivity contribution in [2.75, 3.05) is 13.6 Å². The van der Waals surface area contributed by atoms with Gasteiger partial charge < -0.3 is 10.2 Å². The van der Waals surface area contributed by atoms with E-state index >= 15 is 0 Å². The number of rotatable bonds is 7. The highest BCUT2D eigenvalue weighted by Gasteiger charge is 2.21. The monoisotopic (exact) mass is 338 g/mol. The molecule has 0 aliphatic heterocycles. The number of halogens is 1. The van der Waals surface area contributed by atoms with E-state index in [2.05, 4.69) is 35.8 Å². The number of carbonyl (C=O) groups excluding carboxylic acids is 1. The molecule has 1 aromatic carbocycles. The summed E-state index contributed by atoms with van der Waals surface area (Å²) in [6.45, 7) is 3.47. The van der Waals surface area contributed by atoms with Gasteiger partial charge in [-0.3, -0.25) is 4.79 Å². The lowest BCUT2D eigenvalue weighted by Gasteiger charge is -2.29. The van der Waals surface area contributed by atoms with Gasteiger partial charge in [-0.2, -0.15) is 0 Å². The van der Waals surface area contributed by atoms with Crippen molar-refractivity contribution in [3.8, 4) is 0 Å². The zero-order valence-corrected chi connectivity index (χ0v) is 14.6. The van der Waals surface area contributed by atoms with Gasteiger partial charge in [0.2, 0.25) is 5.91 Å². The second-order valence-electron chi connectivity index (χ2n) is 5.05. The zero-order valence-electron chi connectivity index (χ0n) is 13.0. The fourth-order valence-corrected chi connectivity index (χ4v) is 3.07. The Bertz CT molecular complexity index is 545. The number of carbonyl (C=O) groups is 1. The smallest absolute Gasteiger partial charge is 0.224 e. The molecular formula is C17H23ClN2OS. The molecule has 0 fully saturated rings. The molecule has 5 heteroatoms. The van der Waals surface area contributed by atoms with E-state index in [0.717, 1.165) is 0 Å². The van der Waals surface area contributed by atoms with Gasteiger partial charge in [0.1, 0.15) is 0 Å². The van der Waals surface area contributed by atoms with Crippen LogP contribution in [0.15, 0.2) is 47.8 Å². The molecule has 1 heterocycles. The number of hydrogen-bond acceptors (Lipinski definition) is 3. The minimum atomic E-state index is 0. The van der Waals surface area contributed by atoms with Gasteiger partial charge in [0.25, 0.3) is 0 Å². The quantitative estimate of drug-likeness (QED) is 0.831. The molecule has 0 radical (unpaired) electrons. The molecule has 0 saturated heterocycles. The molecular weight excluding hydrogens is 316 g/mol. The third-order valence-corrected chi connectivity index (χ3v) is 4.57. The number of hydrogen-bond donors (Lipinski definition) is 1. The zero-order chi connectivity index (χ0) is 15.1. The molecule has 1 aromatic heterocycles. The van der Waals surface area contributed by atoms with Crippen LogP contribution >= 0.6 is 23.7 Å². The molecule has 0 aliphatic rings. The summed E-state index contributed by atoms with van der Waals surface area (Å²) in [5, 5.41) is 5.11. The standard InChI is InChI=1S/C17H22N2OS.ClH/c1-14(16-9-6-12-21-16)19(17(20)10-11-18-2)13-15-7-4-3-5-8-15;/h3-9,12,14,18H,10-11,13H2,1-2H3;1H. The molecule has 1 N–H and O–H groups in total. The number of thiophene rings is 1. The second-order valence-corrected chi connectivity index (χ2v) is 6.03. The van der Waals surface area contributed by atoms with Crippen LogP contribution in [0, 0.1) is 0 Å². The van der Waals surface area contributed by atoms with Crippen LogP contribution < -0.4 is 5.32 Å². The normalized spacial score (nSPS) is 11.5. The fourth-order valence-electron chi connectivity index (χ4n) is 2.28. The van der Waals surface area contributed by atoms with Crippen LogP contribution in [0.5, 0.6) is 0 Å². The summed E-state index contributed by atoms with van der Waals surface area (Å²) in [5.41, 5.74) is 1.17. The first kappa shape index (κ1) is 18.7. The second kappa shape index (κ2) is 9.62. The Kier molecular flexibility index (Phi) is 8.17. The van der Waals surface area contributed by atoms with Crippen LogP contribution in [-0.4, -0.2) is 24.4 Å². The van der Waals surface area contributed by atoms with Crippen molar-refractivity contribution in [3.05, 3.63) is 58.3 Å². The van der Waals surface area contributed by atoms with Crippen LogP contribution in [0.3, 0.4) is 0 Å². The highest BCUT2D eigenvalue weighted by Crippen LogP contribution is 2.26. The third-order valence-electron chi connectivity index (χ3n) is 3.53. The summed E-state index contributed by atoms with van der Waals surface area (Å²) in [7, 11) is 1.87. The van der Waals surface area contributed by atoms with Gasteiger partial charge in [0, 0.05) is 24.4 Å². The van der Waals surface area contributed by atoms with Crippen molar-refractivity contribution in [1.29, 1.82) is 0 Å². The summed E-state index contributed by atoms with van der Waals surface area (Å²) in [6.07, 6.45) is 0.527. The number of amides is 1. The van der Waals surface area contributed by atoms with E-state index in [9.17, 15) is 4.79 Å². The maximum Gasteiger partial charge on any atom is 0.224 e. The van der Waals surface area contributed by atoms with Crippen molar-refractivity contribution in [2.45, 2.75) is 25.9 Å². The minimum Gasteiger partial charge on any atom is -0.331 e. The van der Waals surface area contributed by atoms with E-state index in [1.54, 1.807) is 11.3 Å². The lowest BCUT2D eigenvalue weighted by molar-refractivity contribution is -0.133. The molecule has 22 heavy (non-hydrogen) atoms. The molecule has 120 valence electrons. The van der Waals surface area contributed by atoms with E-state index in [1.165, 1.54) is 10.4 Å². The fraction of sp³-hybridized carbons (Fsp3) is 0.353. The van der Waals surface area contributed by atoms with Crippen molar-refractivity contribution >= 4 is 29.7 Å². The average molecular weight is 339 g/mol. The van der Waals surface area contributed by atoms with Crippen molar-refractivity contribution in [1.82, 2.24) is 10.2 Å². The van der Waals surface area contributed by atoms with Crippen molar-refractivity contribution < 1.29 is 4.79 Å². The maximum atomic E-state index is 12.5. The minimum absolute atomic E-state index is 0. The topological polar surface area (TPSA) is 32.3 Å². The molecule has 0 bridgehead atoms. The molecule has 3 nitrogen and oxygen atoms in total. The van der Waals surface area contributed by atoms with E-state index < -0.39 is 0 Å². The van der Waals surface area contributed by atoms with Gasteiger partial charge in [0.15, 0.2) is 0 Å². The van der Waals surface area contributed by atoms with Crippen molar-refractivity contribution in [2.24, 2.45) is 0 Å². The highest BCUT2D eigenvalue weighted by atomic mass is 35.5. The first-order chi connectivity index (χ1) is 10.2. The SMILES string of the molecule is CNCCC(=O)N(Cc1ccccc1)C(C)c1cccs1.Cl. The Morgan fingerprint density at radius 1 is 1.23 bits per heavy atom. The van der Waals surface area contributed by atoms with E-state index in [4.69, 9.17) is 0 Å². The predicted molar refractivity (Wildman–Crippen MR) is 95.5 cm³/mol. The van der Waals surface area contributed by atoms with Gasteiger partial charge in [-0.1, -0.05) is 36.4 Å². The van der Waals surface area contributed by atoms with Crippen LogP contribution in [-0.2, 0) is 11.3 Å². The van der Waals surface area contributed by atoms with Gasteiger partial charge in [-0.25, -0.2) is 0 Å². The number of benzene rings is 1. The molecule has 2 rings (SSSR count). The third kappa shape index (κ3) is 5.13. The Morgan fingerprint density at radius 3 is 2.55 bits per heavy atom. The summed E-state index contributed by atoms with van der Waals surface area (Å²) in [4.78, 5) is 15.7. The largest absolute Gasteiger partial charge is 0.331 e. The molecule has 0 spiro atoms.